The molecule has 1 fully saturated rings. The molecule has 0 spiro atoms. The summed E-state index contributed by atoms with van der Waals surface area (Å²) < 4.78 is 59.9. The molecule has 3 heterocycles. The minimum atomic E-state index is -0.882. The van der Waals surface area contributed by atoms with E-state index in [4.69, 9.17) is 67.9 Å². The maximum absolute atomic E-state index is 13.2. The van der Waals surface area contributed by atoms with E-state index in [1.165, 1.54) is 0 Å². The highest BCUT2D eigenvalue weighted by Crippen LogP contribution is 2.30. The van der Waals surface area contributed by atoms with Crippen LogP contribution in [0.4, 0.5) is 11.5 Å². The lowest BCUT2D eigenvalue weighted by Gasteiger charge is -2.37. The lowest BCUT2D eigenvalue weighted by molar-refractivity contribution is -0.138. The van der Waals surface area contributed by atoms with Crippen molar-refractivity contribution in [3.63, 3.8) is 0 Å². The number of ether oxygens (including phenoxy) is 11. The van der Waals surface area contributed by atoms with Crippen molar-refractivity contribution < 1.29 is 71.6 Å². The van der Waals surface area contributed by atoms with Crippen LogP contribution in [0.3, 0.4) is 0 Å². The molecule has 0 aliphatic carbocycles. The predicted octanol–water partition coefficient (Wildman–Crippen LogP) is 2.24. The van der Waals surface area contributed by atoms with Gasteiger partial charge in [-0.05, 0) is 31.5 Å². The number of aliphatic carboxylic acids is 1. The summed E-state index contributed by atoms with van der Waals surface area (Å²) in [6, 6.07) is 5.47. The topological polar surface area (TPSA) is 259 Å². The SMILES string of the molecule is CCCCc1nc2c([nH]1)c(N)nc1ccc(N3CCN(C(=O)[C@H](C)NC(=O)CCOCCOCCOCCOCCOCCOCCOCCOCCOCCOCCOCCC(=O)O)CC3)cc12. The third-order valence-electron chi connectivity index (χ3n) is 10.6. The van der Waals surface area contributed by atoms with E-state index in [0.29, 0.717) is 164 Å². The number of rotatable bonds is 42. The molecule has 22 nitrogen and oxygen atoms in total. The molecule has 22 heteroatoms. The molecular formula is C47H77N7O15. The Hall–Kier alpha value is -4.33. The fourth-order valence-corrected chi connectivity index (χ4v) is 6.92. The van der Waals surface area contributed by atoms with Crippen molar-refractivity contribution >= 4 is 51.2 Å². The van der Waals surface area contributed by atoms with Crippen molar-refractivity contribution in [1.82, 2.24) is 25.2 Å². The Morgan fingerprint density at radius 1 is 0.652 bits per heavy atom. The molecule has 69 heavy (non-hydrogen) atoms. The van der Waals surface area contributed by atoms with Crippen molar-refractivity contribution in [2.45, 2.75) is 52.0 Å². The van der Waals surface area contributed by atoms with E-state index >= 15 is 0 Å². The molecule has 0 saturated carbocycles. The number of aromatic amines is 1. The minimum absolute atomic E-state index is 0.0124. The van der Waals surface area contributed by atoms with E-state index in [1.807, 2.05) is 12.1 Å². The first-order valence-corrected chi connectivity index (χ1v) is 24.2. The van der Waals surface area contributed by atoms with Crippen LogP contribution in [0.2, 0.25) is 0 Å². The summed E-state index contributed by atoms with van der Waals surface area (Å²) in [6.07, 6.45) is 3.11. The number of hydrogen-bond donors (Lipinski definition) is 4. The van der Waals surface area contributed by atoms with Crippen molar-refractivity contribution in [3.8, 4) is 0 Å². The molecular weight excluding hydrogens is 903 g/mol. The number of nitrogens with zero attached hydrogens (tertiary/aromatic N) is 4. The number of aromatic nitrogens is 3. The van der Waals surface area contributed by atoms with Crippen LogP contribution in [0.25, 0.3) is 21.9 Å². The summed E-state index contributed by atoms with van der Waals surface area (Å²) in [5.74, 6) is 0.130. The Balaban J connectivity index is 0.859. The molecule has 2 amide bonds. The number of benzene rings is 1. The molecule has 4 rings (SSSR count). The lowest BCUT2D eigenvalue weighted by atomic mass is 10.1. The largest absolute Gasteiger partial charge is 0.481 e. The summed E-state index contributed by atoms with van der Waals surface area (Å²) in [5.41, 5.74) is 9.70. The van der Waals surface area contributed by atoms with E-state index < -0.39 is 12.0 Å². The van der Waals surface area contributed by atoms with Gasteiger partial charge in [-0.15, -0.1) is 0 Å². The van der Waals surface area contributed by atoms with Gasteiger partial charge in [0.05, 0.1) is 157 Å². The van der Waals surface area contributed by atoms with Crippen LogP contribution in [0, 0.1) is 0 Å². The first-order chi connectivity index (χ1) is 33.8. The molecule has 1 aliphatic rings. The van der Waals surface area contributed by atoms with Gasteiger partial charge < -0.3 is 83.0 Å². The summed E-state index contributed by atoms with van der Waals surface area (Å²) >= 11 is 0. The number of nitrogens with two attached hydrogens (primary N) is 1. The number of pyridine rings is 1. The average Bonchev–Trinajstić information content (AvgIpc) is 3.79. The maximum Gasteiger partial charge on any atom is 0.305 e. The average molecular weight is 980 g/mol. The standard InChI is InChI=1S/C47H77N7O15/c1-3-4-5-41-51-44-39-36-38(6-7-40(39)50-46(48)45(44)52-41)53-10-12-54(13-11-53)47(58)37(2)49-42(55)8-14-59-16-18-61-20-22-63-24-26-65-28-30-67-32-34-69-35-33-68-31-29-66-27-25-64-23-21-62-19-17-60-15-9-43(56)57/h6-7,36-37H,3-5,8-35H2,1-2H3,(H2,48,50)(H,49,55)(H,51,52)(H,56,57)/t37-/m0/s1. The van der Waals surface area contributed by atoms with Crippen LogP contribution in [-0.2, 0) is 72.9 Å². The number of imidazole rings is 1. The third kappa shape index (κ3) is 23.9. The summed E-state index contributed by atoms with van der Waals surface area (Å²) in [4.78, 5) is 53.0. The molecule has 5 N–H and O–H groups in total. The van der Waals surface area contributed by atoms with E-state index in [-0.39, 0.29) is 37.9 Å². The second kappa shape index (κ2) is 35.7. The molecule has 3 aromatic rings. The lowest BCUT2D eigenvalue weighted by Crippen LogP contribution is -2.54. The molecule has 390 valence electrons. The van der Waals surface area contributed by atoms with Gasteiger partial charge in [0, 0.05) is 50.1 Å². The Morgan fingerprint density at radius 3 is 1.52 bits per heavy atom. The number of fused-ring (bicyclic) bond motifs is 3. The van der Waals surface area contributed by atoms with Crippen LogP contribution in [0.5, 0.6) is 0 Å². The van der Waals surface area contributed by atoms with Gasteiger partial charge in [-0.25, -0.2) is 9.97 Å². The van der Waals surface area contributed by atoms with Crippen LogP contribution >= 0.6 is 0 Å². The predicted molar refractivity (Wildman–Crippen MR) is 257 cm³/mol. The zero-order chi connectivity index (χ0) is 49.2. The van der Waals surface area contributed by atoms with Gasteiger partial charge in [0.15, 0.2) is 0 Å². The van der Waals surface area contributed by atoms with Gasteiger partial charge in [-0.3, -0.25) is 14.4 Å². The highest BCUT2D eigenvalue weighted by molar-refractivity contribution is 6.07. The number of H-pyrrole nitrogens is 1. The van der Waals surface area contributed by atoms with Crippen molar-refractivity contribution in [1.29, 1.82) is 0 Å². The van der Waals surface area contributed by atoms with Crippen molar-refractivity contribution in [3.05, 3.63) is 24.0 Å². The van der Waals surface area contributed by atoms with Gasteiger partial charge in [0.1, 0.15) is 28.7 Å². The zero-order valence-corrected chi connectivity index (χ0v) is 40.8. The first-order valence-electron chi connectivity index (χ1n) is 24.2. The monoisotopic (exact) mass is 980 g/mol. The summed E-state index contributed by atoms with van der Waals surface area (Å²) in [5, 5.41) is 12.3. The number of nitrogen functional groups attached to an aromatic ring is 1. The smallest absolute Gasteiger partial charge is 0.305 e. The van der Waals surface area contributed by atoms with Gasteiger partial charge in [-0.1, -0.05) is 13.3 Å². The van der Waals surface area contributed by atoms with Crippen LogP contribution < -0.4 is 16.0 Å². The minimum Gasteiger partial charge on any atom is -0.481 e. The Morgan fingerprint density at radius 2 is 1.09 bits per heavy atom. The number of carbonyl (C=O) groups is 3. The number of amides is 2. The third-order valence-corrected chi connectivity index (χ3v) is 10.6. The Labute approximate surface area is 405 Å². The number of unbranched alkanes of at least 4 members (excludes halogenated alkanes) is 1. The molecule has 1 saturated heterocycles. The van der Waals surface area contributed by atoms with E-state index in [1.54, 1.807) is 11.8 Å². The van der Waals surface area contributed by atoms with Crippen LogP contribution in [0.1, 0.15) is 45.4 Å². The van der Waals surface area contributed by atoms with Crippen LogP contribution in [-0.4, -0.2) is 220 Å². The number of piperazine rings is 1. The summed E-state index contributed by atoms with van der Waals surface area (Å²) in [7, 11) is 0. The molecule has 1 aliphatic heterocycles. The Kier molecular flexibility index (Phi) is 29.6. The number of anilines is 2. The first kappa shape index (κ1) is 57.3. The second-order valence-electron chi connectivity index (χ2n) is 15.9. The van der Waals surface area contributed by atoms with Gasteiger partial charge in [0.25, 0.3) is 0 Å². The number of nitrogens with one attached hydrogen (secondary N) is 2. The van der Waals surface area contributed by atoms with Crippen molar-refractivity contribution in [2.24, 2.45) is 0 Å². The fraction of sp³-hybridized carbons (Fsp3) is 0.723. The summed E-state index contributed by atoms with van der Waals surface area (Å²) in [6.45, 7) is 15.4. The maximum atomic E-state index is 13.2. The van der Waals surface area contributed by atoms with E-state index in [2.05, 4.69) is 33.2 Å². The van der Waals surface area contributed by atoms with Gasteiger partial charge >= 0.3 is 5.97 Å². The highest BCUT2D eigenvalue weighted by Gasteiger charge is 2.26. The number of carbonyl (C=O) groups excluding carboxylic acids is 2. The van der Waals surface area contributed by atoms with Crippen molar-refractivity contribution in [2.75, 3.05) is 182 Å². The fourth-order valence-electron chi connectivity index (χ4n) is 6.92. The molecule has 0 radical (unpaired) electrons. The molecule has 1 aromatic carbocycles. The molecule has 1 atom stereocenters. The van der Waals surface area contributed by atoms with E-state index in [9.17, 15) is 14.4 Å². The number of aryl methyl sites for hydroxylation is 1. The Bertz CT molecular complexity index is 1870. The number of hydrogen-bond acceptors (Lipinski definition) is 18. The van der Waals surface area contributed by atoms with Crippen LogP contribution in [0.15, 0.2) is 18.2 Å². The van der Waals surface area contributed by atoms with Gasteiger partial charge in [-0.2, -0.15) is 0 Å². The zero-order valence-electron chi connectivity index (χ0n) is 40.8. The molecule has 0 unspecified atom stereocenters. The second-order valence-corrected chi connectivity index (χ2v) is 15.9. The molecule has 2 aromatic heterocycles. The molecule has 0 bridgehead atoms. The quantitative estimate of drug-likeness (QED) is 0.0594. The number of carboxylic acid groups (broad SMARTS) is 1. The number of carboxylic acids is 1. The van der Waals surface area contributed by atoms with E-state index in [0.717, 1.165) is 52.7 Å². The normalized spacial score (nSPS) is 13.5. The van der Waals surface area contributed by atoms with Gasteiger partial charge in [0.2, 0.25) is 11.8 Å². The highest BCUT2D eigenvalue weighted by atomic mass is 16.6.